The lowest BCUT2D eigenvalue weighted by atomic mass is 10.1. The molecule has 3 aliphatic rings. The second kappa shape index (κ2) is 5.35. The molecule has 140 valence electrons. The summed E-state index contributed by atoms with van der Waals surface area (Å²) in [6.45, 7) is 0.0601. The molecule has 1 N–H and O–H groups in total. The number of carbonyl (C=O) groups excluding carboxylic acids is 2. The maximum Gasteiger partial charge on any atom is 0.417 e. The number of carbonyl (C=O) groups is 3. The molecule has 0 aromatic heterocycles. The maximum atomic E-state index is 13.2. The average Bonchev–Trinajstić information content (AvgIpc) is 3.25. The fourth-order valence-corrected chi connectivity index (χ4v) is 4.12. The normalized spacial score (nSPS) is 26.6. The number of likely N-dealkylation sites (tertiary alicyclic amines) is 1. The van der Waals surface area contributed by atoms with Gasteiger partial charge in [-0.15, -0.1) is 0 Å². The van der Waals surface area contributed by atoms with Gasteiger partial charge in [-0.1, -0.05) is 0 Å². The molecule has 0 radical (unpaired) electrons. The van der Waals surface area contributed by atoms with Crippen molar-refractivity contribution in [1.82, 2.24) is 9.80 Å². The lowest BCUT2D eigenvalue weighted by molar-refractivity contribution is -0.137. The predicted molar refractivity (Wildman–Crippen MR) is 81.6 cm³/mol. The van der Waals surface area contributed by atoms with E-state index in [1.54, 1.807) is 0 Å². The largest absolute Gasteiger partial charge is 0.465 e. The Morgan fingerprint density at radius 2 is 2.00 bits per heavy atom. The van der Waals surface area contributed by atoms with E-state index in [4.69, 9.17) is 5.26 Å². The summed E-state index contributed by atoms with van der Waals surface area (Å²) in [7, 11) is 0. The molecule has 2 bridgehead atoms. The van der Waals surface area contributed by atoms with Gasteiger partial charge in [0, 0.05) is 6.54 Å². The maximum absolute atomic E-state index is 13.2. The minimum absolute atomic E-state index is 0.0601. The van der Waals surface area contributed by atoms with Crippen molar-refractivity contribution in [3.8, 4) is 6.07 Å². The lowest BCUT2D eigenvalue weighted by Crippen LogP contribution is -2.54. The van der Waals surface area contributed by atoms with Crippen LogP contribution in [0.5, 0.6) is 0 Å². The first-order valence-corrected chi connectivity index (χ1v) is 7.92. The van der Waals surface area contributed by atoms with Crippen LogP contribution in [0.3, 0.4) is 0 Å². The molecule has 0 aliphatic carbocycles. The Morgan fingerprint density at radius 1 is 1.30 bits per heavy atom. The number of urea groups is 1. The number of nitrogens with zero attached hydrogens (tertiary/aromatic N) is 4. The van der Waals surface area contributed by atoms with Crippen LogP contribution in [-0.4, -0.2) is 57.6 Å². The van der Waals surface area contributed by atoms with E-state index >= 15 is 0 Å². The molecule has 27 heavy (non-hydrogen) atoms. The van der Waals surface area contributed by atoms with Crippen molar-refractivity contribution in [3.05, 3.63) is 29.3 Å². The first-order valence-electron chi connectivity index (χ1n) is 7.92. The van der Waals surface area contributed by atoms with Gasteiger partial charge in [0.15, 0.2) is 0 Å². The number of halogens is 3. The van der Waals surface area contributed by atoms with Crippen LogP contribution in [0.4, 0.5) is 28.4 Å². The summed E-state index contributed by atoms with van der Waals surface area (Å²) in [6, 6.07) is 1.00. The monoisotopic (exact) mass is 380 g/mol. The van der Waals surface area contributed by atoms with E-state index in [1.807, 2.05) is 0 Å². The summed E-state index contributed by atoms with van der Waals surface area (Å²) in [5.41, 5.74) is -2.17. The third-order valence-electron chi connectivity index (χ3n) is 5.20. The molecular formula is C16H11F3N4O4. The molecule has 3 saturated heterocycles. The van der Waals surface area contributed by atoms with Crippen LogP contribution in [-0.2, 0) is 11.0 Å². The third-order valence-corrected chi connectivity index (χ3v) is 5.20. The molecule has 3 heterocycles. The van der Waals surface area contributed by atoms with E-state index in [0.717, 1.165) is 17.0 Å². The van der Waals surface area contributed by atoms with Gasteiger partial charge in [-0.25, -0.2) is 14.5 Å². The van der Waals surface area contributed by atoms with E-state index in [1.165, 1.54) is 11.0 Å². The number of amides is 4. The van der Waals surface area contributed by atoms with Gasteiger partial charge >= 0.3 is 18.3 Å². The fraction of sp³-hybridized carbons (Fsp3) is 0.375. The van der Waals surface area contributed by atoms with Gasteiger partial charge in [0.25, 0.3) is 5.91 Å². The second-order valence-electron chi connectivity index (χ2n) is 6.54. The van der Waals surface area contributed by atoms with Crippen LogP contribution in [0.1, 0.15) is 17.5 Å². The molecule has 0 saturated carbocycles. The Bertz CT molecular complexity index is 925. The second-order valence-corrected chi connectivity index (χ2v) is 6.54. The average molecular weight is 380 g/mol. The highest BCUT2D eigenvalue weighted by Crippen LogP contribution is 2.43. The van der Waals surface area contributed by atoms with Crippen molar-refractivity contribution in [2.45, 2.75) is 30.7 Å². The number of imide groups is 1. The quantitative estimate of drug-likeness (QED) is 0.749. The highest BCUT2D eigenvalue weighted by atomic mass is 19.4. The van der Waals surface area contributed by atoms with Crippen molar-refractivity contribution >= 4 is 23.7 Å². The van der Waals surface area contributed by atoms with Crippen molar-refractivity contribution in [2.24, 2.45) is 0 Å². The number of alkyl halides is 3. The van der Waals surface area contributed by atoms with E-state index in [9.17, 15) is 32.7 Å². The molecule has 0 spiro atoms. The SMILES string of the molecule is N#Cc1ccc(N2C(=O)[C@@H]3[C@H]4C[C@H](CN4C(=O)O)N3C2=O)cc1C(F)(F)F. The van der Waals surface area contributed by atoms with Gasteiger partial charge in [-0.3, -0.25) is 4.79 Å². The predicted octanol–water partition coefficient (Wildman–Crippen LogP) is 1.85. The number of benzene rings is 1. The molecule has 0 unspecified atom stereocenters. The topological polar surface area (TPSA) is 105 Å². The number of carboxylic acid groups (broad SMARTS) is 1. The van der Waals surface area contributed by atoms with Crippen molar-refractivity contribution in [1.29, 1.82) is 5.26 Å². The molecule has 3 atom stereocenters. The first kappa shape index (κ1) is 17.1. The Hall–Kier alpha value is -3.29. The fourth-order valence-electron chi connectivity index (χ4n) is 4.12. The highest BCUT2D eigenvalue weighted by molar-refractivity contribution is 6.22. The molecule has 11 heteroatoms. The van der Waals surface area contributed by atoms with Gasteiger partial charge < -0.3 is 14.9 Å². The molecule has 4 amide bonds. The number of rotatable bonds is 1. The Balaban J connectivity index is 1.73. The zero-order valence-corrected chi connectivity index (χ0v) is 13.5. The van der Waals surface area contributed by atoms with Gasteiger partial charge in [-0.2, -0.15) is 18.4 Å². The Kier molecular flexibility index (Phi) is 3.40. The number of anilines is 1. The summed E-state index contributed by atoms with van der Waals surface area (Å²) >= 11 is 0. The zero-order chi connectivity index (χ0) is 19.7. The minimum Gasteiger partial charge on any atom is -0.465 e. The van der Waals surface area contributed by atoms with Crippen LogP contribution in [0.15, 0.2) is 18.2 Å². The number of fused-ring (bicyclic) bond motifs is 5. The third kappa shape index (κ3) is 2.26. The number of hydrogen-bond donors (Lipinski definition) is 1. The first-order chi connectivity index (χ1) is 12.6. The smallest absolute Gasteiger partial charge is 0.417 e. The summed E-state index contributed by atoms with van der Waals surface area (Å²) in [4.78, 5) is 39.7. The van der Waals surface area contributed by atoms with Crippen LogP contribution in [0.25, 0.3) is 0 Å². The Morgan fingerprint density at radius 3 is 2.59 bits per heavy atom. The van der Waals surface area contributed by atoms with Gasteiger partial charge in [0.05, 0.1) is 35.0 Å². The van der Waals surface area contributed by atoms with Crippen LogP contribution in [0, 0.1) is 11.3 Å². The van der Waals surface area contributed by atoms with Crippen LogP contribution in [0.2, 0.25) is 0 Å². The molecule has 1 aromatic carbocycles. The summed E-state index contributed by atoms with van der Waals surface area (Å²) in [5, 5.41) is 18.1. The number of nitriles is 1. The van der Waals surface area contributed by atoms with Crippen molar-refractivity contribution < 1.29 is 32.7 Å². The highest BCUT2D eigenvalue weighted by Gasteiger charge is 2.63. The van der Waals surface area contributed by atoms with E-state index in [-0.39, 0.29) is 12.2 Å². The zero-order valence-electron chi connectivity index (χ0n) is 13.5. The number of hydrogen-bond acceptors (Lipinski definition) is 4. The van der Waals surface area contributed by atoms with Crippen LogP contribution < -0.4 is 4.90 Å². The van der Waals surface area contributed by atoms with Crippen molar-refractivity contribution in [2.75, 3.05) is 11.4 Å². The standard InChI is InChI=1S/C16H11F3N4O4/c17-16(18,19)10-3-8(2-1-7(10)5-20)23-13(24)12-11-4-9(22(12)14(23)25)6-21(11)15(26)27/h1-3,9,11-12H,4,6H2,(H,26,27)/t9-,11-,12+/m1/s1. The molecule has 1 aromatic rings. The van der Waals surface area contributed by atoms with Gasteiger partial charge in [0.1, 0.15) is 6.04 Å². The van der Waals surface area contributed by atoms with E-state index < -0.39 is 53.5 Å². The van der Waals surface area contributed by atoms with Crippen LogP contribution >= 0.6 is 0 Å². The summed E-state index contributed by atoms with van der Waals surface area (Å²) in [5.74, 6) is -0.767. The van der Waals surface area contributed by atoms with Gasteiger partial charge in [0.2, 0.25) is 0 Å². The minimum atomic E-state index is -4.83. The molecule has 3 fully saturated rings. The van der Waals surface area contributed by atoms with E-state index in [0.29, 0.717) is 17.4 Å². The Labute approximate surface area is 150 Å². The lowest BCUT2D eigenvalue weighted by Gasteiger charge is -2.32. The molecule has 3 aliphatic heterocycles. The van der Waals surface area contributed by atoms with Gasteiger partial charge in [-0.05, 0) is 24.6 Å². The molecule has 4 rings (SSSR count). The van der Waals surface area contributed by atoms with Crippen molar-refractivity contribution in [3.63, 3.8) is 0 Å². The summed E-state index contributed by atoms with van der Waals surface area (Å²) in [6.07, 6.45) is -5.72. The molecule has 8 nitrogen and oxygen atoms in total. The summed E-state index contributed by atoms with van der Waals surface area (Å²) < 4.78 is 39.5. The number of piperazine rings is 1. The van der Waals surface area contributed by atoms with E-state index in [2.05, 4.69) is 0 Å². The molecular weight excluding hydrogens is 369 g/mol.